The smallest absolute Gasteiger partial charge is 0.114 e. The molecular formula is C8H13F. The summed E-state index contributed by atoms with van der Waals surface area (Å²) < 4.78 is 13.1. The second-order valence-electron chi connectivity index (χ2n) is 3.94. The topological polar surface area (TPSA) is 0 Å². The molecule has 0 N–H and O–H groups in total. The third kappa shape index (κ3) is 0.580. The third-order valence-corrected chi connectivity index (χ3v) is 3.14. The minimum absolute atomic E-state index is 0.437. The molecule has 2 rings (SSSR count). The van der Waals surface area contributed by atoms with Crippen LogP contribution in [0, 0.1) is 17.8 Å². The molecule has 2 fully saturated rings. The lowest BCUT2D eigenvalue weighted by Crippen LogP contribution is -2.06. The first kappa shape index (κ1) is 5.70. The van der Waals surface area contributed by atoms with Gasteiger partial charge in [0.1, 0.15) is 5.67 Å². The predicted molar refractivity (Wildman–Crippen MR) is 34.9 cm³/mol. The molecule has 2 atom stereocenters. The number of fused-ring (bicyclic) bond motifs is 1. The van der Waals surface area contributed by atoms with E-state index in [1.165, 1.54) is 0 Å². The average molecular weight is 128 g/mol. The fraction of sp³-hybridized carbons (Fsp3) is 1.00. The number of alkyl halides is 1. The highest BCUT2D eigenvalue weighted by Crippen LogP contribution is 2.64. The minimum atomic E-state index is -0.757. The van der Waals surface area contributed by atoms with E-state index in [1.54, 1.807) is 6.92 Å². The summed E-state index contributed by atoms with van der Waals surface area (Å²) in [6.07, 6.45) is 2.27. The monoisotopic (exact) mass is 128 g/mol. The van der Waals surface area contributed by atoms with Crippen LogP contribution >= 0.6 is 0 Å². The van der Waals surface area contributed by atoms with Crippen LogP contribution in [0.4, 0.5) is 4.39 Å². The van der Waals surface area contributed by atoms with Gasteiger partial charge in [-0.2, -0.15) is 0 Å². The maximum absolute atomic E-state index is 13.1. The lowest BCUT2D eigenvalue weighted by Gasteiger charge is -2.08. The Morgan fingerprint density at radius 2 is 1.78 bits per heavy atom. The van der Waals surface area contributed by atoms with Gasteiger partial charge >= 0.3 is 0 Å². The Kier molecular flexibility index (Phi) is 0.841. The summed E-state index contributed by atoms with van der Waals surface area (Å²) in [4.78, 5) is 0. The standard InChI is InChI=1S/C8H13F/c1-5-3-6-7(4-5)8(6,2)9/h5-7H,3-4H2,1-2H3. The van der Waals surface area contributed by atoms with Crippen molar-refractivity contribution < 1.29 is 4.39 Å². The van der Waals surface area contributed by atoms with Gasteiger partial charge in [0.05, 0.1) is 0 Å². The zero-order valence-electron chi connectivity index (χ0n) is 6.02. The van der Waals surface area contributed by atoms with Crippen molar-refractivity contribution in [1.82, 2.24) is 0 Å². The molecule has 0 bridgehead atoms. The van der Waals surface area contributed by atoms with Crippen LogP contribution < -0.4 is 0 Å². The molecule has 0 amide bonds. The quantitative estimate of drug-likeness (QED) is 0.470. The summed E-state index contributed by atoms with van der Waals surface area (Å²) in [6.45, 7) is 3.98. The van der Waals surface area contributed by atoms with Crippen molar-refractivity contribution in [1.29, 1.82) is 0 Å². The van der Waals surface area contributed by atoms with Gasteiger partial charge in [0, 0.05) is 0 Å². The number of hydrogen-bond acceptors (Lipinski definition) is 0. The Bertz CT molecular complexity index is 126. The molecule has 2 unspecified atom stereocenters. The molecule has 52 valence electrons. The van der Waals surface area contributed by atoms with E-state index in [9.17, 15) is 4.39 Å². The van der Waals surface area contributed by atoms with E-state index >= 15 is 0 Å². The van der Waals surface area contributed by atoms with Crippen LogP contribution in [-0.4, -0.2) is 5.67 Å². The molecule has 0 saturated heterocycles. The Hall–Kier alpha value is -0.0700. The molecule has 0 aromatic heterocycles. The minimum Gasteiger partial charge on any atom is -0.244 e. The zero-order chi connectivity index (χ0) is 6.65. The van der Waals surface area contributed by atoms with E-state index in [1.807, 2.05) is 0 Å². The first-order valence-corrected chi connectivity index (χ1v) is 3.81. The SMILES string of the molecule is CC1CC2C(C1)C2(C)F. The van der Waals surface area contributed by atoms with Crippen LogP contribution in [-0.2, 0) is 0 Å². The van der Waals surface area contributed by atoms with Gasteiger partial charge in [-0.25, -0.2) is 4.39 Å². The van der Waals surface area contributed by atoms with Gasteiger partial charge in [-0.15, -0.1) is 0 Å². The van der Waals surface area contributed by atoms with Crippen LogP contribution in [0.2, 0.25) is 0 Å². The lowest BCUT2D eigenvalue weighted by atomic mass is 10.0. The predicted octanol–water partition coefficient (Wildman–Crippen LogP) is 2.39. The van der Waals surface area contributed by atoms with Crippen LogP contribution in [0.15, 0.2) is 0 Å². The number of halogens is 1. The van der Waals surface area contributed by atoms with E-state index in [0.29, 0.717) is 11.8 Å². The average Bonchev–Trinajstić information content (AvgIpc) is 2.27. The second-order valence-corrected chi connectivity index (χ2v) is 3.94. The summed E-state index contributed by atoms with van der Waals surface area (Å²) in [5, 5.41) is 0. The maximum atomic E-state index is 13.1. The zero-order valence-corrected chi connectivity index (χ0v) is 6.02. The van der Waals surface area contributed by atoms with E-state index < -0.39 is 5.67 Å². The van der Waals surface area contributed by atoms with Gasteiger partial charge in [0.2, 0.25) is 0 Å². The fourth-order valence-electron chi connectivity index (χ4n) is 2.41. The van der Waals surface area contributed by atoms with Gasteiger partial charge in [-0.3, -0.25) is 0 Å². The molecule has 0 heterocycles. The van der Waals surface area contributed by atoms with Gasteiger partial charge in [-0.05, 0) is 37.5 Å². The normalized spacial score (nSPS) is 63.7. The van der Waals surface area contributed by atoms with E-state index in [-0.39, 0.29) is 0 Å². The van der Waals surface area contributed by atoms with E-state index in [0.717, 1.165) is 18.8 Å². The molecule has 0 spiro atoms. The second kappa shape index (κ2) is 1.33. The molecule has 2 aliphatic rings. The fourth-order valence-corrected chi connectivity index (χ4v) is 2.41. The molecule has 1 heteroatoms. The van der Waals surface area contributed by atoms with Crippen molar-refractivity contribution in [2.24, 2.45) is 17.8 Å². The molecule has 0 aliphatic heterocycles. The van der Waals surface area contributed by atoms with E-state index in [2.05, 4.69) is 6.92 Å². The Morgan fingerprint density at radius 1 is 1.33 bits per heavy atom. The van der Waals surface area contributed by atoms with Crippen molar-refractivity contribution in [3.05, 3.63) is 0 Å². The van der Waals surface area contributed by atoms with Gasteiger partial charge in [-0.1, -0.05) is 6.92 Å². The molecule has 0 aromatic carbocycles. The summed E-state index contributed by atoms with van der Waals surface area (Å²) in [6, 6.07) is 0. The van der Waals surface area contributed by atoms with Crippen LogP contribution in [0.3, 0.4) is 0 Å². The summed E-state index contributed by atoms with van der Waals surface area (Å²) >= 11 is 0. The number of rotatable bonds is 0. The molecule has 2 saturated carbocycles. The van der Waals surface area contributed by atoms with Gasteiger partial charge in [0.15, 0.2) is 0 Å². The molecular weight excluding hydrogens is 115 g/mol. The Labute approximate surface area is 55.4 Å². The van der Waals surface area contributed by atoms with Gasteiger partial charge < -0.3 is 0 Å². The van der Waals surface area contributed by atoms with Crippen molar-refractivity contribution in [2.45, 2.75) is 32.4 Å². The molecule has 0 aromatic rings. The van der Waals surface area contributed by atoms with Crippen LogP contribution in [0.1, 0.15) is 26.7 Å². The Morgan fingerprint density at radius 3 is 2.11 bits per heavy atom. The maximum Gasteiger partial charge on any atom is 0.114 e. The first-order valence-electron chi connectivity index (χ1n) is 3.81. The lowest BCUT2D eigenvalue weighted by molar-refractivity contribution is 0.249. The van der Waals surface area contributed by atoms with Crippen LogP contribution in [0.5, 0.6) is 0 Å². The highest BCUT2D eigenvalue weighted by molar-refractivity contribution is 5.13. The van der Waals surface area contributed by atoms with Gasteiger partial charge in [0.25, 0.3) is 0 Å². The molecule has 2 aliphatic carbocycles. The Balaban J connectivity index is 2.06. The highest BCUT2D eigenvalue weighted by atomic mass is 19.1. The molecule has 9 heavy (non-hydrogen) atoms. The summed E-state index contributed by atoms with van der Waals surface area (Å²) in [5.41, 5.74) is -0.757. The first-order chi connectivity index (χ1) is 4.12. The third-order valence-electron chi connectivity index (χ3n) is 3.14. The van der Waals surface area contributed by atoms with Crippen molar-refractivity contribution in [3.8, 4) is 0 Å². The molecule has 0 nitrogen and oxygen atoms in total. The summed E-state index contributed by atoms with van der Waals surface area (Å²) in [7, 11) is 0. The molecule has 0 radical (unpaired) electrons. The van der Waals surface area contributed by atoms with Crippen molar-refractivity contribution in [3.63, 3.8) is 0 Å². The largest absolute Gasteiger partial charge is 0.244 e. The van der Waals surface area contributed by atoms with E-state index in [4.69, 9.17) is 0 Å². The summed E-state index contributed by atoms with van der Waals surface area (Å²) in [5.74, 6) is 1.67. The number of hydrogen-bond donors (Lipinski definition) is 0. The highest BCUT2D eigenvalue weighted by Gasteiger charge is 2.65. The van der Waals surface area contributed by atoms with Crippen molar-refractivity contribution in [2.75, 3.05) is 0 Å². The van der Waals surface area contributed by atoms with Crippen LogP contribution in [0.25, 0.3) is 0 Å². The van der Waals surface area contributed by atoms with Crippen molar-refractivity contribution >= 4 is 0 Å².